The molecule has 2 N–H and O–H groups in total. The SMILES string of the molecule is OB(O)c1cccc(S)c1. The van der Waals surface area contributed by atoms with Crippen molar-refractivity contribution in [3.8, 4) is 0 Å². The fraction of sp³-hybridized carbons (Fsp3) is 0. The van der Waals surface area contributed by atoms with Crippen molar-refractivity contribution in [3.63, 3.8) is 0 Å². The Morgan fingerprint density at radius 3 is 2.40 bits per heavy atom. The van der Waals surface area contributed by atoms with E-state index in [-0.39, 0.29) is 0 Å². The summed E-state index contributed by atoms with van der Waals surface area (Å²) in [6, 6.07) is 6.73. The molecule has 0 bridgehead atoms. The molecular weight excluding hydrogens is 147 g/mol. The Morgan fingerprint density at radius 2 is 2.00 bits per heavy atom. The Kier molecular flexibility index (Phi) is 2.37. The lowest BCUT2D eigenvalue weighted by Crippen LogP contribution is -2.29. The van der Waals surface area contributed by atoms with Gasteiger partial charge in [-0.25, -0.2) is 0 Å². The van der Waals surface area contributed by atoms with Gasteiger partial charge < -0.3 is 10.0 Å². The van der Waals surface area contributed by atoms with Gasteiger partial charge in [0.25, 0.3) is 0 Å². The Balaban J connectivity index is 2.96. The highest BCUT2D eigenvalue weighted by Gasteiger charge is 2.09. The second kappa shape index (κ2) is 3.10. The van der Waals surface area contributed by atoms with E-state index in [1.165, 1.54) is 0 Å². The first-order chi connectivity index (χ1) is 4.70. The van der Waals surface area contributed by atoms with E-state index in [4.69, 9.17) is 10.0 Å². The van der Waals surface area contributed by atoms with Gasteiger partial charge in [-0.15, -0.1) is 12.6 Å². The molecule has 0 spiro atoms. The minimum atomic E-state index is -1.40. The van der Waals surface area contributed by atoms with E-state index >= 15 is 0 Å². The molecule has 0 aromatic heterocycles. The molecule has 0 unspecified atom stereocenters. The molecule has 0 saturated carbocycles. The monoisotopic (exact) mass is 154 g/mol. The van der Waals surface area contributed by atoms with Gasteiger partial charge in [-0.2, -0.15) is 0 Å². The molecule has 0 aliphatic heterocycles. The summed E-state index contributed by atoms with van der Waals surface area (Å²) in [7, 11) is -1.40. The zero-order valence-electron chi connectivity index (χ0n) is 5.23. The summed E-state index contributed by atoms with van der Waals surface area (Å²) in [5.74, 6) is 0. The molecule has 1 aromatic carbocycles. The maximum absolute atomic E-state index is 8.67. The molecule has 0 heterocycles. The highest BCUT2D eigenvalue weighted by Crippen LogP contribution is 2.00. The normalized spacial score (nSPS) is 9.50. The van der Waals surface area contributed by atoms with Crippen molar-refractivity contribution in [2.24, 2.45) is 0 Å². The molecule has 0 amide bonds. The summed E-state index contributed by atoms with van der Waals surface area (Å²) in [6.45, 7) is 0. The topological polar surface area (TPSA) is 40.5 Å². The number of hydrogen-bond acceptors (Lipinski definition) is 3. The van der Waals surface area contributed by atoms with E-state index in [0.29, 0.717) is 5.46 Å². The van der Waals surface area contributed by atoms with E-state index in [0.717, 1.165) is 4.90 Å². The predicted molar refractivity (Wildman–Crippen MR) is 43.5 cm³/mol. The number of benzene rings is 1. The third kappa shape index (κ3) is 1.77. The second-order valence-electron chi connectivity index (χ2n) is 1.97. The fourth-order valence-corrected chi connectivity index (χ4v) is 0.921. The molecule has 0 atom stereocenters. The van der Waals surface area contributed by atoms with Gasteiger partial charge in [0, 0.05) is 4.90 Å². The third-order valence-electron chi connectivity index (χ3n) is 1.17. The van der Waals surface area contributed by atoms with Crippen molar-refractivity contribution in [1.29, 1.82) is 0 Å². The molecular formula is C6H7BO2S. The first-order valence-corrected chi connectivity index (χ1v) is 3.30. The van der Waals surface area contributed by atoms with Crippen LogP contribution in [-0.2, 0) is 0 Å². The minimum Gasteiger partial charge on any atom is -0.423 e. The van der Waals surface area contributed by atoms with E-state index in [1.807, 2.05) is 0 Å². The smallest absolute Gasteiger partial charge is 0.423 e. The Hall–Kier alpha value is -0.445. The predicted octanol–water partition coefficient (Wildman–Crippen LogP) is -0.345. The van der Waals surface area contributed by atoms with Crippen molar-refractivity contribution < 1.29 is 10.0 Å². The summed E-state index contributed by atoms with van der Waals surface area (Å²) in [5, 5.41) is 17.3. The molecule has 0 fully saturated rings. The van der Waals surface area contributed by atoms with Crippen LogP contribution in [0.25, 0.3) is 0 Å². The van der Waals surface area contributed by atoms with Crippen LogP contribution >= 0.6 is 12.6 Å². The van der Waals surface area contributed by atoms with E-state index in [1.54, 1.807) is 24.3 Å². The quantitative estimate of drug-likeness (QED) is 0.382. The standard InChI is InChI=1S/C6H7BO2S/c8-7(9)5-2-1-3-6(10)4-5/h1-4,8-10H. The second-order valence-corrected chi connectivity index (χ2v) is 2.49. The van der Waals surface area contributed by atoms with E-state index in [9.17, 15) is 0 Å². The van der Waals surface area contributed by atoms with Crippen LogP contribution in [0.4, 0.5) is 0 Å². The van der Waals surface area contributed by atoms with Gasteiger partial charge in [0.1, 0.15) is 0 Å². The molecule has 1 rings (SSSR count). The van der Waals surface area contributed by atoms with Crippen LogP contribution in [0.15, 0.2) is 29.2 Å². The molecule has 1 aromatic rings. The van der Waals surface area contributed by atoms with Crippen LogP contribution in [0, 0.1) is 0 Å². The first-order valence-electron chi connectivity index (χ1n) is 2.85. The molecule has 0 aliphatic rings. The van der Waals surface area contributed by atoms with Crippen molar-refractivity contribution >= 4 is 25.2 Å². The lowest BCUT2D eigenvalue weighted by Gasteiger charge is -1.97. The number of hydrogen-bond donors (Lipinski definition) is 3. The minimum absolute atomic E-state index is 0.465. The summed E-state index contributed by atoms with van der Waals surface area (Å²) in [5.41, 5.74) is 0.465. The molecule has 2 nitrogen and oxygen atoms in total. The Bertz CT molecular complexity index is 227. The van der Waals surface area contributed by atoms with Crippen LogP contribution in [-0.4, -0.2) is 17.2 Å². The maximum Gasteiger partial charge on any atom is 0.488 e. The molecule has 0 radical (unpaired) electrons. The molecule has 10 heavy (non-hydrogen) atoms. The van der Waals surface area contributed by atoms with Gasteiger partial charge in [0.15, 0.2) is 0 Å². The zero-order chi connectivity index (χ0) is 7.56. The van der Waals surface area contributed by atoms with E-state index < -0.39 is 7.12 Å². The van der Waals surface area contributed by atoms with Crippen molar-refractivity contribution in [2.45, 2.75) is 4.90 Å². The molecule has 4 heteroatoms. The number of thiol groups is 1. The lowest BCUT2D eigenvalue weighted by atomic mass is 9.81. The zero-order valence-corrected chi connectivity index (χ0v) is 6.12. The largest absolute Gasteiger partial charge is 0.488 e. The van der Waals surface area contributed by atoms with Crippen LogP contribution in [0.3, 0.4) is 0 Å². The van der Waals surface area contributed by atoms with Gasteiger partial charge >= 0.3 is 7.12 Å². The highest BCUT2D eigenvalue weighted by atomic mass is 32.1. The summed E-state index contributed by atoms with van der Waals surface area (Å²) in [6.07, 6.45) is 0. The van der Waals surface area contributed by atoms with Gasteiger partial charge in [0.2, 0.25) is 0 Å². The Labute approximate surface area is 65.1 Å². The molecule has 0 saturated heterocycles. The summed E-state index contributed by atoms with van der Waals surface area (Å²) < 4.78 is 0. The Morgan fingerprint density at radius 1 is 1.30 bits per heavy atom. The summed E-state index contributed by atoms with van der Waals surface area (Å²) >= 11 is 4.03. The first kappa shape index (κ1) is 7.66. The van der Waals surface area contributed by atoms with Gasteiger partial charge in [0.05, 0.1) is 0 Å². The van der Waals surface area contributed by atoms with Crippen LogP contribution in [0.1, 0.15) is 0 Å². The van der Waals surface area contributed by atoms with Crippen LogP contribution in [0.2, 0.25) is 0 Å². The average Bonchev–Trinajstić information content (AvgIpc) is 1.88. The van der Waals surface area contributed by atoms with E-state index in [2.05, 4.69) is 12.6 Å². The van der Waals surface area contributed by atoms with Crippen molar-refractivity contribution in [3.05, 3.63) is 24.3 Å². The van der Waals surface area contributed by atoms with Gasteiger partial charge in [-0.1, -0.05) is 12.1 Å². The maximum atomic E-state index is 8.67. The highest BCUT2D eigenvalue weighted by molar-refractivity contribution is 7.80. The number of rotatable bonds is 1. The fourth-order valence-electron chi connectivity index (χ4n) is 0.685. The van der Waals surface area contributed by atoms with Crippen LogP contribution < -0.4 is 5.46 Å². The molecule has 0 aliphatic carbocycles. The van der Waals surface area contributed by atoms with Crippen molar-refractivity contribution in [1.82, 2.24) is 0 Å². The van der Waals surface area contributed by atoms with Crippen molar-refractivity contribution in [2.75, 3.05) is 0 Å². The average molecular weight is 154 g/mol. The molecule has 52 valence electrons. The van der Waals surface area contributed by atoms with Gasteiger partial charge in [-0.3, -0.25) is 0 Å². The van der Waals surface area contributed by atoms with Crippen LogP contribution in [0.5, 0.6) is 0 Å². The third-order valence-corrected chi connectivity index (χ3v) is 1.45. The summed E-state index contributed by atoms with van der Waals surface area (Å²) in [4.78, 5) is 0.727. The van der Waals surface area contributed by atoms with Gasteiger partial charge in [-0.05, 0) is 17.6 Å². The lowest BCUT2D eigenvalue weighted by molar-refractivity contribution is 0.425.